The summed E-state index contributed by atoms with van der Waals surface area (Å²) in [4.78, 5) is 3.24. The molecule has 0 aliphatic rings. The Morgan fingerprint density at radius 2 is 1.80 bits per heavy atom. The largest absolute Gasteiger partial charge is 0.390 e. The summed E-state index contributed by atoms with van der Waals surface area (Å²) in [6.45, 7) is 0.0585. The van der Waals surface area contributed by atoms with Gasteiger partial charge in [-0.05, 0) is 11.5 Å². The second-order valence-electron chi connectivity index (χ2n) is 3.70. The minimum absolute atomic E-state index is 0.0585. The highest BCUT2D eigenvalue weighted by atomic mass is 16.3. The summed E-state index contributed by atoms with van der Waals surface area (Å²) >= 11 is 0. The third kappa shape index (κ3) is 1.22. The zero-order valence-corrected chi connectivity index (χ0v) is 8.20. The predicted molar refractivity (Wildman–Crippen MR) is 61.7 cm³/mol. The number of aromatic nitrogens is 1. The van der Waals surface area contributed by atoms with Crippen molar-refractivity contribution in [1.82, 2.24) is 4.98 Å². The quantitative estimate of drug-likeness (QED) is 0.618. The Balaban J connectivity index is 2.47. The summed E-state index contributed by atoms with van der Waals surface area (Å²) in [7, 11) is 0. The highest BCUT2D eigenvalue weighted by Gasteiger charge is 2.03. The third-order valence-electron chi connectivity index (χ3n) is 2.75. The smallest absolute Gasteiger partial charge is 0.0831 e. The summed E-state index contributed by atoms with van der Waals surface area (Å²) in [5, 5.41) is 12.7. The van der Waals surface area contributed by atoms with Crippen molar-refractivity contribution < 1.29 is 5.11 Å². The lowest BCUT2D eigenvalue weighted by Gasteiger charge is -1.98. The molecule has 3 rings (SSSR count). The van der Waals surface area contributed by atoms with Crippen molar-refractivity contribution in [2.45, 2.75) is 6.61 Å². The van der Waals surface area contributed by atoms with Gasteiger partial charge in [0.05, 0.1) is 12.1 Å². The van der Waals surface area contributed by atoms with Crippen molar-refractivity contribution in [3.8, 4) is 0 Å². The van der Waals surface area contributed by atoms with Gasteiger partial charge in [0, 0.05) is 16.5 Å². The number of hydrogen-bond donors (Lipinski definition) is 2. The molecule has 74 valence electrons. The number of H-pyrrole nitrogens is 1. The van der Waals surface area contributed by atoms with Gasteiger partial charge in [0.15, 0.2) is 0 Å². The van der Waals surface area contributed by atoms with Gasteiger partial charge in [0.2, 0.25) is 0 Å². The molecule has 0 aliphatic carbocycles. The van der Waals surface area contributed by atoms with Gasteiger partial charge >= 0.3 is 0 Å². The zero-order valence-electron chi connectivity index (χ0n) is 8.20. The van der Waals surface area contributed by atoms with E-state index in [4.69, 9.17) is 5.11 Å². The van der Waals surface area contributed by atoms with Crippen LogP contribution in [0.15, 0.2) is 42.5 Å². The van der Waals surface area contributed by atoms with E-state index in [0.29, 0.717) is 0 Å². The van der Waals surface area contributed by atoms with Gasteiger partial charge in [-0.1, -0.05) is 36.4 Å². The van der Waals surface area contributed by atoms with Crippen LogP contribution in [0.25, 0.3) is 21.7 Å². The average molecular weight is 197 g/mol. The third-order valence-corrected chi connectivity index (χ3v) is 2.75. The molecule has 0 bridgehead atoms. The van der Waals surface area contributed by atoms with E-state index < -0.39 is 0 Å². The Morgan fingerprint density at radius 1 is 1.00 bits per heavy atom. The van der Waals surface area contributed by atoms with E-state index in [-0.39, 0.29) is 6.61 Å². The minimum Gasteiger partial charge on any atom is -0.390 e. The van der Waals surface area contributed by atoms with Crippen LogP contribution in [0.2, 0.25) is 0 Å². The first kappa shape index (κ1) is 8.50. The summed E-state index contributed by atoms with van der Waals surface area (Å²) in [5.74, 6) is 0. The summed E-state index contributed by atoms with van der Waals surface area (Å²) in [5.41, 5.74) is 1.97. The number of hydrogen-bond acceptors (Lipinski definition) is 1. The maximum Gasteiger partial charge on any atom is 0.0831 e. The number of aromatic amines is 1. The Morgan fingerprint density at radius 3 is 2.67 bits per heavy atom. The molecule has 0 spiro atoms. The highest BCUT2D eigenvalue weighted by molar-refractivity contribution is 6.05. The van der Waals surface area contributed by atoms with Crippen LogP contribution in [0.3, 0.4) is 0 Å². The lowest BCUT2D eigenvalue weighted by atomic mass is 10.1. The fourth-order valence-corrected chi connectivity index (χ4v) is 2.02. The van der Waals surface area contributed by atoms with E-state index in [0.717, 1.165) is 16.6 Å². The van der Waals surface area contributed by atoms with Crippen molar-refractivity contribution in [2.24, 2.45) is 0 Å². The molecule has 2 aromatic carbocycles. The highest BCUT2D eigenvalue weighted by Crippen LogP contribution is 2.25. The first-order valence-electron chi connectivity index (χ1n) is 4.99. The van der Waals surface area contributed by atoms with E-state index in [1.807, 2.05) is 18.2 Å². The SMILES string of the molecule is OCc1cc2ccc3ccccc3c2[nH]1. The van der Waals surface area contributed by atoms with Crippen molar-refractivity contribution in [3.05, 3.63) is 48.2 Å². The zero-order chi connectivity index (χ0) is 10.3. The molecule has 0 aliphatic heterocycles. The number of nitrogens with one attached hydrogen (secondary N) is 1. The fraction of sp³-hybridized carbons (Fsp3) is 0.0769. The molecule has 2 heteroatoms. The Bertz CT molecular complexity index is 625. The van der Waals surface area contributed by atoms with Crippen LogP contribution in [0.4, 0.5) is 0 Å². The first-order valence-corrected chi connectivity index (χ1v) is 4.99. The summed E-state index contributed by atoms with van der Waals surface area (Å²) in [6.07, 6.45) is 0. The molecule has 2 N–H and O–H groups in total. The van der Waals surface area contributed by atoms with Gasteiger partial charge in [-0.15, -0.1) is 0 Å². The summed E-state index contributed by atoms with van der Waals surface area (Å²) in [6, 6.07) is 14.4. The number of aliphatic hydroxyl groups is 1. The van der Waals surface area contributed by atoms with Gasteiger partial charge in [-0.2, -0.15) is 0 Å². The van der Waals surface area contributed by atoms with Crippen molar-refractivity contribution >= 4 is 21.7 Å². The fourth-order valence-electron chi connectivity index (χ4n) is 2.02. The molecule has 15 heavy (non-hydrogen) atoms. The number of aliphatic hydroxyl groups excluding tert-OH is 1. The molecule has 2 nitrogen and oxygen atoms in total. The van der Waals surface area contributed by atoms with Crippen LogP contribution in [0.1, 0.15) is 5.69 Å². The average Bonchev–Trinajstić information content (AvgIpc) is 2.72. The molecule has 0 amide bonds. The molecule has 0 fully saturated rings. The van der Waals surface area contributed by atoms with Crippen molar-refractivity contribution in [1.29, 1.82) is 0 Å². The number of rotatable bonds is 1. The molecular formula is C13H11NO. The van der Waals surface area contributed by atoms with Crippen LogP contribution in [0.5, 0.6) is 0 Å². The molecule has 0 unspecified atom stereocenters. The van der Waals surface area contributed by atoms with Crippen LogP contribution in [0, 0.1) is 0 Å². The van der Waals surface area contributed by atoms with E-state index in [2.05, 4.69) is 29.2 Å². The lowest BCUT2D eigenvalue weighted by Crippen LogP contribution is -1.80. The molecule has 0 saturated carbocycles. The summed E-state index contributed by atoms with van der Waals surface area (Å²) < 4.78 is 0. The van der Waals surface area contributed by atoms with Gasteiger partial charge < -0.3 is 10.1 Å². The molecule has 0 atom stereocenters. The van der Waals surface area contributed by atoms with E-state index in [1.54, 1.807) is 0 Å². The second-order valence-corrected chi connectivity index (χ2v) is 3.70. The number of benzene rings is 2. The molecule has 3 aromatic rings. The van der Waals surface area contributed by atoms with Crippen LogP contribution >= 0.6 is 0 Å². The standard InChI is InChI=1S/C13H11NO/c15-8-11-7-10-6-5-9-3-1-2-4-12(9)13(10)14-11/h1-7,14-15H,8H2. The van der Waals surface area contributed by atoms with Crippen LogP contribution in [-0.2, 0) is 6.61 Å². The molecular weight excluding hydrogens is 186 g/mol. The minimum atomic E-state index is 0.0585. The molecule has 0 radical (unpaired) electrons. The lowest BCUT2D eigenvalue weighted by molar-refractivity contribution is 0.278. The van der Waals surface area contributed by atoms with Gasteiger partial charge in [-0.3, -0.25) is 0 Å². The number of fused-ring (bicyclic) bond motifs is 3. The second kappa shape index (κ2) is 3.11. The Hall–Kier alpha value is -1.80. The van der Waals surface area contributed by atoms with Gasteiger partial charge in [0.25, 0.3) is 0 Å². The van der Waals surface area contributed by atoms with Gasteiger partial charge in [0.1, 0.15) is 0 Å². The molecule has 1 heterocycles. The topological polar surface area (TPSA) is 36.0 Å². The van der Waals surface area contributed by atoms with Crippen molar-refractivity contribution in [2.75, 3.05) is 0 Å². The predicted octanol–water partition coefficient (Wildman–Crippen LogP) is 2.81. The normalized spacial score (nSPS) is 11.3. The van der Waals surface area contributed by atoms with Crippen LogP contribution < -0.4 is 0 Å². The molecule has 0 saturated heterocycles. The van der Waals surface area contributed by atoms with Crippen molar-refractivity contribution in [3.63, 3.8) is 0 Å². The first-order chi connectivity index (χ1) is 7.38. The molecule has 1 aromatic heterocycles. The van der Waals surface area contributed by atoms with E-state index in [1.165, 1.54) is 10.8 Å². The maximum absolute atomic E-state index is 9.08. The maximum atomic E-state index is 9.08. The Kier molecular flexibility index (Phi) is 1.76. The Labute approximate surface area is 87.2 Å². The van der Waals surface area contributed by atoms with E-state index >= 15 is 0 Å². The van der Waals surface area contributed by atoms with E-state index in [9.17, 15) is 0 Å². The monoisotopic (exact) mass is 197 g/mol. The van der Waals surface area contributed by atoms with Crippen LogP contribution in [-0.4, -0.2) is 10.1 Å². The van der Waals surface area contributed by atoms with Gasteiger partial charge in [-0.25, -0.2) is 0 Å².